The van der Waals surface area contributed by atoms with Gasteiger partial charge in [0.25, 0.3) is 0 Å². The van der Waals surface area contributed by atoms with Crippen molar-refractivity contribution in [3.63, 3.8) is 0 Å². The van der Waals surface area contributed by atoms with Crippen molar-refractivity contribution >= 4 is 11.5 Å². The number of hydrogen-bond acceptors (Lipinski definition) is 5. The lowest BCUT2D eigenvalue weighted by Crippen LogP contribution is -2.11. The SMILES string of the molecule is CCOc1ccc(Cc2ncc(C3CC3)nc2C(=O)O)cc1C1=CCOCC1. The van der Waals surface area contributed by atoms with Crippen molar-refractivity contribution in [2.75, 3.05) is 19.8 Å². The third-order valence-electron chi connectivity index (χ3n) is 5.09. The quantitative estimate of drug-likeness (QED) is 0.786. The Morgan fingerprint density at radius 3 is 2.89 bits per heavy atom. The number of carbonyl (C=O) groups is 1. The van der Waals surface area contributed by atoms with Gasteiger partial charge in [-0.05, 0) is 49.5 Å². The van der Waals surface area contributed by atoms with Crippen LogP contribution in [0.2, 0.25) is 0 Å². The molecule has 0 radical (unpaired) electrons. The van der Waals surface area contributed by atoms with E-state index in [4.69, 9.17) is 9.47 Å². The van der Waals surface area contributed by atoms with Crippen molar-refractivity contribution in [2.45, 2.75) is 38.5 Å². The largest absolute Gasteiger partial charge is 0.493 e. The zero-order chi connectivity index (χ0) is 19.5. The molecule has 2 aliphatic rings. The summed E-state index contributed by atoms with van der Waals surface area (Å²) in [5.74, 6) is 0.188. The van der Waals surface area contributed by atoms with Crippen LogP contribution >= 0.6 is 0 Å². The van der Waals surface area contributed by atoms with Crippen molar-refractivity contribution < 1.29 is 19.4 Å². The maximum atomic E-state index is 11.7. The molecule has 1 fully saturated rings. The van der Waals surface area contributed by atoms with Gasteiger partial charge >= 0.3 is 5.97 Å². The highest BCUT2D eigenvalue weighted by Gasteiger charge is 2.27. The van der Waals surface area contributed by atoms with Crippen LogP contribution in [0, 0.1) is 0 Å². The lowest BCUT2D eigenvalue weighted by atomic mass is 9.96. The molecule has 1 saturated carbocycles. The second-order valence-corrected chi connectivity index (χ2v) is 7.16. The summed E-state index contributed by atoms with van der Waals surface area (Å²) in [6.07, 6.45) is 7.19. The predicted molar refractivity (Wildman–Crippen MR) is 105 cm³/mol. The van der Waals surface area contributed by atoms with Gasteiger partial charge in [-0.2, -0.15) is 0 Å². The standard InChI is InChI=1S/C22H24N2O4/c1-2-28-20-6-3-14(11-17(20)15-7-9-27-10-8-15)12-18-21(22(25)26)24-19(13-23-18)16-4-5-16/h3,6-7,11,13,16H,2,4-5,8-10,12H2,1H3,(H,25,26). The minimum Gasteiger partial charge on any atom is -0.493 e. The van der Waals surface area contributed by atoms with Gasteiger partial charge in [0.15, 0.2) is 5.69 Å². The molecule has 28 heavy (non-hydrogen) atoms. The van der Waals surface area contributed by atoms with Crippen LogP contribution in [-0.4, -0.2) is 40.9 Å². The minimum absolute atomic E-state index is 0.0603. The topological polar surface area (TPSA) is 81.5 Å². The normalized spacial score (nSPS) is 16.5. The summed E-state index contributed by atoms with van der Waals surface area (Å²) < 4.78 is 11.2. The summed E-state index contributed by atoms with van der Waals surface area (Å²) in [6.45, 7) is 3.85. The van der Waals surface area contributed by atoms with Crippen molar-refractivity contribution in [3.05, 3.63) is 58.7 Å². The Labute approximate surface area is 164 Å². The summed E-state index contributed by atoms with van der Waals surface area (Å²) in [4.78, 5) is 20.5. The van der Waals surface area contributed by atoms with Crippen LogP contribution in [0.4, 0.5) is 0 Å². The van der Waals surface area contributed by atoms with Crippen molar-refractivity contribution in [3.8, 4) is 5.75 Å². The number of aromatic carboxylic acids is 1. The fourth-order valence-electron chi connectivity index (χ4n) is 3.49. The minimum atomic E-state index is -1.02. The molecular formula is C22H24N2O4. The van der Waals surface area contributed by atoms with E-state index < -0.39 is 5.97 Å². The van der Waals surface area contributed by atoms with Gasteiger partial charge in [-0.1, -0.05) is 12.1 Å². The third-order valence-corrected chi connectivity index (χ3v) is 5.09. The molecule has 2 heterocycles. The molecule has 4 rings (SSSR count). The first-order valence-corrected chi connectivity index (χ1v) is 9.77. The van der Waals surface area contributed by atoms with Gasteiger partial charge in [0.05, 0.1) is 31.2 Å². The second-order valence-electron chi connectivity index (χ2n) is 7.16. The van der Waals surface area contributed by atoms with Crippen LogP contribution in [0.3, 0.4) is 0 Å². The summed E-state index contributed by atoms with van der Waals surface area (Å²) in [5, 5.41) is 9.60. The van der Waals surface area contributed by atoms with E-state index >= 15 is 0 Å². The smallest absolute Gasteiger partial charge is 0.356 e. The first-order chi connectivity index (χ1) is 13.7. The van der Waals surface area contributed by atoms with E-state index in [0.717, 1.165) is 41.8 Å². The van der Waals surface area contributed by atoms with Gasteiger partial charge in [-0.3, -0.25) is 4.98 Å². The molecule has 0 bridgehead atoms. The first-order valence-electron chi connectivity index (χ1n) is 9.77. The van der Waals surface area contributed by atoms with Crippen LogP contribution < -0.4 is 4.74 Å². The number of benzene rings is 1. The van der Waals surface area contributed by atoms with E-state index in [0.29, 0.717) is 37.9 Å². The average Bonchev–Trinajstić information content (AvgIpc) is 3.55. The van der Waals surface area contributed by atoms with E-state index in [-0.39, 0.29) is 5.69 Å². The highest BCUT2D eigenvalue weighted by Crippen LogP contribution is 2.39. The molecule has 0 saturated heterocycles. The van der Waals surface area contributed by atoms with E-state index in [1.165, 1.54) is 5.57 Å². The molecule has 6 heteroatoms. The number of carboxylic acids is 1. The summed E-state index contributed by atoms with van der Waals surface area (Å²) in [6, 6.07) is 6.00. The monoisotopic (exact) mass is 380 g/mol. The Hall–Kier alpha value is -2.73. The highest BCUT2D eigenvalue weighted by molar-refractivity contribution is 5.86. The predicted octanol–water partition coefficient (Wildman–Crippen LogP) is 3.85. The molecule has 0 spiro atoms. The molecule has 0 atom stereocenters. The fraction of sp³-hybridized carbons (Fsp3) is 0.409. The Bertz CT molecular complexity index is 919. The van der Waals surface area contributed by atoms with Gasteiger partial charge in [0.1, 0.15) is 5.75 Å². The number of aromatic nitrogens is 2. The number of rotatable bonds is 7. The summed E-state index contributed by atoms with van der Waals surface area (Å²) in [7, 11) is 0. The molecule has 1 aliphatic heterocycles. The lowest BCUT2D eigenvalue weighted by molar-refractivity contribution is 0.0688. The van der Waals surface area contributed by atoms with E-state index in [1.54, 1.807) is 6.20 Å². The molecular weight excluding hydrogens is 356 g/mol. The Kier molecular flexibility index (Phi) is 5.39. The van der Waals surface area contributed by atoms with E-state index in [1.807, 2.05) is 19.1 Å². The molecule has 1 N–H and O–H groups in total. The number of nitrogens with zero attached hydrogens (tertiary/aromatic N) is 2. The Balaban J connectivity index is 1.66. The molecule has 0 amide bonds. The van der Waals surface area contributed by atoms with Crippen LogP contribution in [0.5, 0.6) is 5.75 Å². The van der Waals surface area contributed by atoms with Crippen LogP contribution in [0.15, 0.2) is 30.5 Å². The van der Waals surface area contributed by atoms with Crippen molar-refractivity contribution in [1.82, 2.24) is 9.97 Å². The van der Waals surface area contributed by atoms with Gasteiger partial charge in [-0.15, -0.1) is 0 Å². The highest BCUT2D eigenvalue weighted by atomic mass is 16.5. The number of ether oxygens (including phenoxy) is 2. The summed E-state index contributed by atoms with van der Waals surface area (Å²) >= 11 is 0. The molecule has 1 aromatic carbocycles. The van der Waals surface area contributed by atoms with E-state index in [9.17, 15) is 9.90 Å². The van der Waals surface area contributed by atoms with Gasteiger partial charge in [0.2, 0.25) is 0 Å². The molecule has 6 nitrogen and oxygen atoms in total. The number of hydrogen-bond donors (Lipinski definition) is 1. The average molecular weight is 380 g/mol. The van der Waals surface area contributed by atoms with Crippen LogP contribution in [-0.2, 0) is 11.2 Å². The molecule has 1 aliphatic carbocycles. The molecule has 2 aromatic rings. The van der Waals surface area contributed by atoms with Crippen molar-refractivity contribution in [1.29, 1.82) is 0 Å². The summed E-state index contributed by atoms with van der Waals surface area (Å²) in [5.41, 5.74) is 4.58. The zero-order valence-electron chi connectivity index (χ0n) is 16.0. The molecule has 0 unspecified atom stereocenters. The van der Waals surface area contributed by atoms with Crippen molar-refractivity contribution in [2.24, 2.45) is 0 Å². The maximum Gasteiger partial charge on any atom is 0.356 e. The first kappa shape index (κ1) is 18.6. The molecule has 1 aromatic heterocycles. The van der Waals surface area contributed by atoms with Gasteiger partial charge < -0.3 is 14.6 Å². The van der Waals surface area contributed by atoms with Gasteiger partial charge in [-0.25, -0.2) is 9.78 Å². The molecule has 146 valence electrons. The third kappa shape index (κ3) is 4.07. The second kappa shape index (κ2) is 8.10. The van der Waals surface area contributed by atoms with Crippen LogP contribution in [0.25, 0.3) is 5.57 Å². The van der Waals surface area contributed by atoms with Crippen LogP contribution in [0.1, 0.15) is 65.1 Å². The lowest BCUT2D eigenvalue weighted by Gasteiger charge is -2.18. The Morgan fingerprint density at radius 2 is 2.21 bits per heavy atom. The maximum absolute atomic E-state index is 11.7. The number of carboxylic acid groups (broad SMARTS) is 1. The van der Waals surface area contributed by atoms with E-state index in [2.05, 4.69) is 22.1 Å². The Morgan fingerprint density at radius 1 is 1.36 bits per heavy atom. The fourth-order valence-corrected chi connectivity index (χ4v) is 3.49. The van der Waals surface area contributed by atoms with Gasteiger partial charge in [0, 0.05) is 24.1 Å². The zero-order valence-corrected chi connectivity index (χ0v) is 16.0.